The van der Waals surface area contributed by atoms with Crippen molar-refractivity contribution in [2.24, 2.45) is 5.92 Å². The lowest BCUT2D eigenvalue weighted by molar-refractivity contribution is -0.268. The van der Waals surface area contributed by atoms with Crippen molar-refractivity contribution in [1.82, 2.24) is 15.2 Å². The maximum Gasteiger partial charge on any atom is 0.408 e. The number of benzene rings is 6. The number of aliphatic hydroxyl groups is 1. The van der Waals surface area contributed by atoms with E-state index in [-0.39, 0.29) is 50.2 Å². The van der Waals surface area contributed by atoms with Crippen LogP contribution in [0.15, 0.2) is 173 Å². The average molecular weight is 886 g/mol. The van der Waals surface area contributed by atoms with E-state index < -0.39 is 24.3 Å². The number of carbonyl (C=O) groups is 3. The molecule has 2 fully saturated rings. The molecule has 3 heterocycles. The predicted octanol–water partition coefficient (Wildman–Crippen LogP) is 10.3. The van der Waals surface area contributed by atoms with E-state index in [1.165, 1.54) is 16.7 Å². The van der Waals surface area contributed by atoms with Crippen molar-refractivity contribution < 1.29 is 38.1 Å². The van der Waals surface area contributed by atoms with Crippen molar-refractivity contribution in [3.8, 4) is 33.7 Å². The highest BCUT2D eigenvalue weighted by molar-refractivity contribution is 7.99. The number of thioether (sulfide) groups is 1. The van der Waals surface area contributed by atoms with Gasteiger partial charge in [-0.05, 0) is 33.4 Å². The zero-order valence-corrected chi connectivity index (χ0v) is 36.4. The molecule has 12 heteroatoms. The van der Waals surface area contributed by atoms with Crippen LogP contribution in [0.25, 0.3) is 33.7 Å². The summed E-state index contributed by atoms with van der Waals surface area (Å²) < 4.78 is 25.3. The smallest absolute Gasteiger partial charge is 0.408 e. The summed E-state index contributed by atoms with van der Waals surface area (Å²) in [4.78, 5) is 45.4. The summed E-state index contributed by atoms with van der Waals surface area (Å²) in [6.45, 7) is 2.16. The van der Waals surface area contributed by atoms with Gasteiger partial charge >= 0.3 is 6.09 Å². The molecule has 0 radical (unpaired) electrons. The summed E-state index contributed by atoms with van der Waals surface area (Å²) in [5.41, 5.74) is 8.60. The van der Waals surface area contributed by atoms with Crippen LogP contribution in [0.1, 0.15) is 53.6 Å². The first-order valence-electron chi connectivity index (χ1n) is 21.6. The molecular formula is C53H47N3O8S. The third kappa shape index (κ3) is 9.96. The minimum Gasteiger partial charge on any atom is -0.445 e. The van der Waals surface area contributed by atoms with Crippen LogP contribution < -0.4 is 5.32 Å². The van der Waals surface area contributed by atoms with Crippen molar-refractivity contribution in [3.05, 3.63) is 192 Å². The quantitative estimate of drug-likeness (QED) is 0.0801. The lowest BCUT2D eigenvalue weighted by atomic mass is 9.91. The van der Waals surface area contributed by atoms with Gasteiger partial charge in [-0.25, -0.2) is 9.78 Å². The molecule has 2 aliphatic rings. The van der Waals surface area contributed by atoms with E-state index >= 15 is 0 Å². The van der Waals surface area contributed by atoms with Gasteiger partial charge in [-0.1, -0.05) is 182 Å². The highest BCUT2D eigenvalue weighted by atomic mass is 32.2. The number of likely N-dealkylation sites (tertiary alicyclic amines) is 1. The van der Waals surface area contributed by atoms with Gasteiger partial charge in [0.15, 0.2) is 12.1 Å². The number of rotatable bonds is 14. The molecule has 328 valence electrons. The lowest BCUT2D eigenvalue weighted by Gasteiger charge is -2.41. The average Bonchev–Trinajstić information content (AvgIpc) is 3.90. The maximum atomic E-state index is 13.5. The second kappa shape index (κ2) is 19.9. The van der Waals surface area contributed by atoms with Gasteiger partial charge in [0, 0.05) is 28.4 Å². The number of aromatic nitrogens is 1. The van der Waals surface area contributed by atoms with Gasteiger partial charge in [-0.15, -0.1) is 0 Å². The largest absolute Gasteiger partial charge is 0.445 e. The molecule has 2 saturated heterocycles. The zero-order valence-electron chi connectivity index (χ0n) is 35.6. The molecule has 9 rings (SSSR count). The molecule has 2 N–H and O–H groups in total. The van der Waals surface area contributed by atoms with Crippen molar-refractivity contribution in [1.29, 1.82) is 0 Å². The molecule has 6 aromatic carbocycles. The first-order chi connectivity index (χ1) is 31.8. The lowest BCUT2D eigenvalue weighted by Crippen LogP contribution is -2.41. The Labute approximate surface area is 381 Å². The summed E-state index contributed by atoms with van der Waals surface area (Å²) >= 11 is 1.50. The van der Waals surface area contributed by atoms with E-state index in [2.05, 4.69) is 12.2 Å². The van der Waals surface area contributed by atoms with Crippen LogP contribution >= 0.6 is 11.8 Å². The van der Waals surface area contributed by atoms with E-state index in [4.69, 9.17) is 23.6 Å². The molecule has 11 nitrogen and oxygen atoms in total. The van der Waals surface area contributed by atoms with Crippen molar-refractivity contribution in [3.63, 3.8) is 0 Å². The first-order valence-corrected chi connectivity index (χ1v) is 22.5. The fourth-order valence-electron chi connectivity index (χ4n) is 8.20. The summed E-state index contributed by atoms with van der Waals surface area (Å²) in [5.74, 6) is 0.326. The normalized spacial score (nSPS) is 19.6. The number of hydrogen-bond acceptors (Lipinski definition) is 10. The minimum absolute atomic E-state index is 0.0415. The highest BCUT2D eigenvalue weighted by Gasteiger charge is 2.41. The third-order valence-corrected chi connectivity index (χ3v) is 12.7. The second-order valence-corrected chi connectivity index (χ2v) is 17.1. The summed E-state index contributed by atoms with van der Waals surface area (Å²) in [7, 11) is 0. The number of nitrogens with zero attached hydrogens (tertiary/aromatic N) is 2. The Kier molecular flexibility index (Phi) is 13.3. The van der Waals surface area contributed by atoms with Crippen LogP contribution in [0.2, 0.25) is 0 Å². The molecule has 0 aliphatic carbocycles. The summed E-state index contributed by atoms with van der Waals surface area (Å²) in [6.07, 6.45) is -2.21. The fourth-order valence-corrected chi connectivity index (χ4v) is 9.19. The molecule has 65 heavy (non-hydrogen) atoms. The van der Waals surface area contributed by atoms with E-state index in [0.717, 1.165) is 55.8 Å². The molecule has 2 aliphatic heterocycles. The number of ether oxygens (including phenoxy) is 3. The van der Waals surface area contributed by atoms with E-state index in [9.17, 15) is 19.5 Å². The van der Waals surface area contributed by atoms with Crippen LogP contribution in [0.5, 0.6) is 0 Å². The number of hydrogen-bond donors (Lipinski definition) is 2. The Morgan fingerprint density at radius 3 is 2.11 bits per heavy atom. The Morgan fingerprint density at radius 1 is 0.754 bits per heavy atom. The highest BCUT2D eigenvalue weighted by Crippen LogP contribution is 2.44. The third-order valence-electron chi connectivity index (χ3n) is 11.8. The number of imide groups is 1. The van der Waals surface area contributed by atoms with Gasteiger partial charge in [0.05, 0.1) is 31.8 Å². The Bertz CT molecular complexity index is 2680. The number of aliphatic hydroxyl groups excluding tert-OH is 1. The van der Waals surface area contributed by atoms with E-state index in [0.29, 0.717) is 16.7 Å². The predicted molar refractivity (Wildman–Crippen MR) is 247 cm³/mol. The first kappa shape index (κ1) is 43.4. The minimum atomic E-state index is -1.01. The van der Waals surface area contributed by atoms with E-state index in [1.807, 2.05) is 164 Å². The van der Waals surface area contributed by atoms with Crippen LogP contribution in [0.3, 0.4) is 0 Å². The zero-order chi connectivity index (χ0) is 44.7. The molecule has 0 saturated carbocycles. The Morgan fingerprint density at radius 2 is 1.40 bits per heavy atom. The topological polar surface area (TPSA) is 140 Å². The molecule has 5 atom stereocenters. The number of oxazole rings is 1. The maximum absolute atomic E-state index is 13.5. The summed E-state index contributed by atoms with van der Waals surface area (Å²) in [5, 5.41) is 12.9. The Balaban J connectivity index is 0.916. The second-order valence-electron chi connectivity index (χ2n) is 16.1. The number of carbonyl (C=O) groups excluding carboxylic acids is 3. The van der Waals surface area contributed by atoms with Gasteiger partial charge < -0.3 is 29.1 Å². The molecule has 0 spiro atoms. The summed E-state index contributed by atoms with van der Waals surface area (Å²) in [6, 6.07) is 51.6. The molecule has 7 aromatic rings. The van der Waals surface area contributed by atoms with Crippen LogP contribution in [0, 0.1) is 5.92 Å². The monoisotopic (exact) mass is 885 g/mol. The molecule has 1 aromatic heterocycles. The molecule has 3 amide bonds. The number of alkyl carbamates (subject to hydrolysis) is 1. The van der Waals surface area contributed by atoms with Gasteiger partial charge in [-0.2, -0.15) is 0 Å². The molecule has 0 bridgehead atoms. The van der Waals surface area contributed by atoms with Gasteiger partial charge in [0.1, 0.15) is 18.3 Å². The van der Waals surface area contributed by atoms with Crippen LogP contribution in [0.4, 0.5) is 4.79 Å². The van der Waals surface area contributed by atoms with Gasteiger partial charge in [0.25, 0.3) is 11.1 Å². The molecule has 1 unspecified atom stereocenters. The standard InChI is InChI=1S/C53H47N3O8S/c1-34-45(33-65-53-55-47(38-15-7-3-8-16-38)49(64-53)39-17-9-4-10-18-39)62-51(63-48(34)40-23-21-35(31-57)22-24-40)41-27-25-37(26-28-41)43-20-12-11-19-42(43)30-56-46(58)29-44(50(56)59)54-52(60)61-32-36-13-5-2-6-14-36/h2-28,34,44-45,48,51,57H,29-33H2,1H3,(H,54,60)/t34-,44?,45+,48+,51+/m1/s1. The SMILES string of the molecule is C[C@@H]1[C@H](CSc2nc(-c3ccccc3)c(-c3ccccc3)o2)O[C@H](c2ccc(-c3ccccc3CN3C(=O)CC(NC(=O)OCc4ccccc4)C3=O)cc2)O[C@@H]1c1ccc(CO)cc1. The molecular weight excluding hydrogens is 839 g/mol. The van der Waals surface area contributed by atoms with Gasteiger partial charge in [-0.3, -0.25) is 14.5 Å². The van der Waals surface area contributed by atoms with E-state index in [1.54, 1.807) is 0 Å². The van der Waals surface area contributed by atoms with Gasteiger partial charge in [0.2, 0.25) is 5.91 Å². The van der Waals surface area contributed by atoms with Crippen LogP contribution in [-0.2, 0) is 43.6 Å². The van der Waals surface area contributed by atoms with Crippen molar-refractivity contribution in [2.75, 3.05) is 5.75 Å². The number of amides is 3. The fraction of sp³-hybridized carbons (Fsp3) is 0.208. The van der Waals surface area contributed by atoms with Crippen LogP contribution in [-0.4, -0.2) is 50.8 Å². The van der Waals surface area contributed by atoms with Crippen molar-refractivity contribution >= 4 is 29.7 Å². The number of nitrogens with one attached hydrogen (secondary N) is 1. The Hall–Kier alpha value is -6.83. The van der Waals surface area contributed by atoms with Crippen molar-refractivity contribution in [2.45, 2.75) is 62.9 Å².